The summed E-state index contributed by atoms with van der Waals surface area (Å²) in [4.78, 5) is 27.8. The number of carbonyl (C=O) groups is 2. The molecule has 0 aromatic heterocycles. The monoisotopic (exact) mass is 503 g/mol. The van der Waals surface area contributed by atoms with Crippen molar-refractivity contribution in [3.63, 3.8) is 0 Å². The summed E-state index contributed by atoms with van der Waals surface area (Å²) < 4.78 is 6.97. The molecule has 3 aliphatic carbocycles. The van der Waals surface area contributed by atoms with E-state index in [2.05, 4.69) is 52.6 Å². The second-order valence-corrected chi connectivity index (χ2v) is 13.6. The number of benzene rings is 1. The van der Waals surface area contributed by atoms with Crippen LogP contribution in [0.4, 0.5) is 0 Å². The van der Waals surface area contributed by atoms with Gasteiger partial charge in [0.1, 0.15) is 29.3 Å². The molecule has 1 saturated heterocycles. The Morgan fingerprint density at radius 2 is 1.81 bits per heavy atom. The molecule has 1 unspecified atom stereocenters. The van der Waals surface area contributed by atoms with Gasteiger partial charge in [-0.15, -0.1) is 6.58 Å². The molecule has 7 rings (SSSR count). The molecule has 1 aromatic rings. The molecule has 3 fully saturated rings. The number of Topliss-reactive ketones (excluding diaryl/α,β-unsaturated/α-hetero) is 1. The first-order chi connectivity index (χ1) is 17.4. The molecular weight excluding hydrogens is 462 g/mol. The Hall–Kier alpha value is -2.40. The zero-order valence-electron chi connectivity index (χ0n) is 22.8. The summed E-state index contributed by atoms with van der Waals surface area (Å²) in [6, 6.07) is 7.92. The first-order valence-electron chi connectivity index (χ1n) is 14.1. The van der Waals surface area contributed by atoms with E-state index in [-0.39, 0.29) is 47.9 Å². The number of carbonyl (C=O) groups excluding carboxylic acids is 2. The molecule has 0 radical (unpaired) electrons. The lowest BCUT2D eigenvalue weighted by Gasteiger charge is -2.50. The molecule has 37 heavy (non-hydrogen) atoms. The van der Waals surface area contributed by atoms with Gasteiger partial charge in [-0.25, -0.2) is 0 Å². The standard InChI is InChI=1S/C32H41NO4/c1-7-30(5)14-19(4)24-23-26(30)27(34)22-16-32(36,33-29(22)35)15-20-8-10-21(11-9-20)37-28(23)25-18(3)12-17(2)13-31(24,25)6/h7-11,14,17-18,22-26,28,36H,1,12-13,15-16H2,2-6H3,(H,33,35)/t17-,18+,22+,23+,24-,25+,26?,28+,30+,31+,32-/m1/s1. The Bertz CT molecular complexity index is 1190. The predicted octanol–water partition coefficient (Wildman–Crippen LogP) is 5.09. The zero-order chi connectivity index (χ0) is 26.5. The molecule has 5 heteroatoms. The van der Waals surface area contributed by atoms with Crippen molar-refractivity contribution in [3.8, 4) is 5.75 Å². The predicted molar refractivity (Wildman–Crippen MR) is 142 cm³/mol. The molecule has 3 heterocycles. The summed E-state index contributed by atoms with van der Waals surface area (Å²) in [5.41, 5.74) is 0.166. The number of rotatable bonds is 1. The van der Waals surface area contributed by atoms with Gasteiger partial charge in [-0.1, -0.05) is 57.6 Å². The molecule has 198 valence electrons. The summed E-state index contributed by atoms with van der Waals surface area (Å²) in [6.45, 7) is 15.6. The van der Waals surface area contributed by atoms with Gasteiger partial charge in [0.25, 0.3) is 0 Å². The maximum Gasteiger partial charge on any atom is 0.232 e. The highest BCUT2D eigenvalue weighted by Gasteiger charge is 2.68. The van der Waals surface area contributed by atoms with Crippen molar-refractivity contribution in [2.24, 2.45) is 52.3 Å². The minimum Gasteiger partial charge on any atom is -0.490 e. The SMILES string of the molecule is C=C[C@@]1(C)C=C(C)[C@@H]2[C@H]3C1C(=O)[C@@H]1C[C@](O)(Cc4ccc(cc4)O[C@@H]3[C@@H]3[C@@H](C)C[C@@H](C)C[C@]32C)NC1=O. The van der Waals surface area contributed by atoms with Crippen LogP contribution in [0.3, 0.4) is 0 Å². The van der Waals surface area contributed by atoms with Crippen molar-refractivity contribution in [1.82, 2.24) is 5.32 Å². The average Bonchev–Trinajstić information content (AvgIpc) is 3.24. The molecule has 2 saturated carbocycles. The lowest BCUT2D eigenvalue weighted by atomic mass is 9.53. The Balaban J connectivity index is 1.59. The van der Waals surface area contributed by atoms with Gasteiger partial charge in [-0.05, 0) is 60.6 Å². The van der Waals surface area contributed by atoms with Gasteiger partial charge in [0.2, 0.25) is 5.91 Å². The second kappa shape index (κ2) is 8.05. The van der Waals surface area contributed by atoms with Crippen molar-refractivity contribution in [2.75, 3.05) is 0 Å². The molecule has 2 N–H and O–H groups in total. The number of ketones is 1. The molecule has 6 aliphatic rings. The summed E-state index contributed by atoms with van der Waals surface area (Å²) in [6.07, 6.45) is 6.60. The molecule has 0 spiro atoms. The van der Waals surface area contributed by atoms with Crippen LogP contribution in [0.15, 0.2) is 48.6 Å². The molecule has 1 aromatic carbocycles. The van der Waals surface area contributed by atoms with Crippen LogP contribution in [-0.4, -0.2) is 28.6 Å². The number of allylic oxidation sites excluding steroid dienone is 3. The number of ether oxygens (including phenoxy) is 1. The first-order valence-corrected chi connectivity index (χ1v) is 14.1. The number of hydrogen-bond donors (Lipinski definition) is 2. The minimum absolute atomic E-state index is 0.0102. The van der Waals surface area contributed by atoms with Crippen molar-refractivity contribution < 1.29 is 19.4 Å². The lowest BCUT2D eigenvalue weighted by molar-refractivity contribution is -0.139. The average molecular weight is 504 g/mol. The molecule has 3 aliphatic heterocycles. The van der Waals surface area contributed by atoms with Crippen LogP contribution in [0.1, 0.15) is 59.4 Å². The quantitative estimate of drug-likeness (QED) is 0.414. The van der Waals surface area contributed by atoms with E-state index in [4.69, 9.17) is 4.74 Å². The number of nitrogens with one attached hydrogen (secondary N) is 1. The van der Waals surface area contributed by atoms with Crippen molar-refractivity contribution in [3.05, 3.63) is 54.1 Å². The Morgan fingerprint density at radius 1 is 1.11 bits per heavy atom. The Kier molecular flexibility index (Phi) is 5.42. The van der Waals surface area contributed by atoms with Crippen LogP contribution in [-0.2, 0) is 16.0 Å². The number of hydrogen-bond acceptors (Lipinski definition) is 4. The van der Waals surface area contributed by atoms with E-state index in [0.717, 1.165) is 24.2 Å². The van der Waals surface area contributed by atoms with Gasteiger partial charge in [0.05, 0.1) is 0 Å². The van der Waals surface area contributed by atoms with Gasteiger partial charge >= 0.3 is 0 Å². The molecule has 5 nitrogen and oxygen atoms in total. The van der Waals surface area contributed by atoms with Gasteiger partial charge in [0, 0.05) is 36.0 Å². The summed E-state index contributed by atoms with van der Waals surface area (Å²) >= 11 is 0. The zero-order valence-corrected chi connectivity index (χ0v) is 22.8. The summed E-state index contributed by atoms with van der Waals surface area (Å²) in [5, 5.41) is 14.1. The van der Waals surface area contributed by atoms with Crippen LogP contribution >= 0.6 is 0 Å². The molecule has 1 amide bonds. The first kappa shape index (κ1) is 24.9. The van der Waals surface area contributed by atoms with Crippen LogP contribution in [0.25, 0.3) is 0 Å². The highest BCUT2D eigenvalue weighted by Crippen LogP contribution is 2.68. The molecule has 4 bridgehead atoms. The third kappa shape index (κ3) is 3.52. The fourth-order valence-corrected chi connectivity index (χ4v) is 9.97. The van der Waals surface area contributed by atoms with Crippen molar-refractivity contribution in [1.29, 1.82) is 0 Å². The van der Waals surface area contributed by atoms with Crippen LogP contribution in [0, 0.1) is 52.3 Å². The maximum absolute atomic E-state index is 14.6. The fourth-order valence-electron chi connectivity index (χ4n) is 9.97. The van der Waals surface area contributed by atoms with E-state index in [0.29, 0.717) is 17.8 Å². The number of amides is 1. The normalized spacial score (nSPS) is 48.4. The van der Waals surface area contributed by atoms with Crippen LogP contribution < -0.4 is 10.1 Å². The van der Waals surface area contributed by atoms with E-state index < -0.39 is 23.0 Å². The van der Waals surface area contributed by atoms with Gasteiger partial charge in [-0.3, -0.25) is 9.59 Å². The van der Waals surface area contributed by atoms with E-state index in [1.54, 1.807) is 0 Å². The highest BCUT2D eigenvalue weighted by molar-refractivity contribution is 6.05. The van der Waals surface area contributed by atoms with Crippen molar-refractivity contribution in [2.45, 2.75) is 72.1 Å². The number of fused-ring (bicyclic) bond motifs is 4. The second-order valence-electron chi connectivity index (χ2n) is 13.6. The Labute approximate surface area is 220 Å². The van der Waals surface area contributed by atoms with Gasteiger partial charge in [-0.2, -0.15) is 0 Å². The largest absolute Gasteiger partial charge is 0.490 e. The minimum atomic E-state index is -1.43. The van der Waals surface area contributed by atoms with Crippen LogP contribution in [0.5, 0.6) is 5.75 Å². The smallest absolute Gasteiger partial charge is 0.232 e. The summed E-state index contributed by atoms with van der Waals surface area (Å²) in [7, 11) is 0. The van der Waals surface area contributed by atoms with E-state index in [1.165, 1.54) is 5.57 Å². The number of aliphatic hydroxyl groups is 1. The Morgan fingerprint density at radius 3 is 2.49 bits per heavy atom. The summed E-state index contributed by atoms with van der Waals surface area (Å²) in [5.74, 6) is 0.492. The van der Waals surface area contributed by atoms with Gasteiger partial charge < -0.3 is 15.2 Å². The van der Waals surface area contributed by atoms with Crippen molar-refractivity contribution >= 4 is 11.7 Å². The third-order valence-electron chi connectivity index (χ3n) is 10.8. The highest BCUT2D eigenvalue weighted by atomic mass is 16.5. The third-order valence-corrected chi connectivity index (χ3v) is 10.8. The maximum atomic E-state index is 14.6. The van der Waals surface area contributed by atoms with Crippen LogP contribution in [0.2, 0.25) is 0 Å². The van der Waals surface area contributed by atoms with E-state index in [9.17, 15) is 14.7 Å². The van der Waals surface area contributed by atoms with E-state index >= 15 is 0 Å². The topological polar surface area (TPSA) is 75.6 Å². The molecule has 11 atom stereocenters. The fraction of sp³-hybridized carbons (Fsp3) is 0.625. The molecular formula is C32H41NO4. The lowest BCUT2D eigenvalue weighted by Crippen LogP contribution is -2.50. The van der Waals surface area contributed by atoms with Gasteiger partial charge in [0.15, 0.2) is 0 Å². The van der Waals surface area contributed by atoms with E-state index in [1.807, 2.05) is 30.3 Å².